The number of aryl methyl sites for hydroxylation is 1. The van der Waals surface area contributed by atoms with Crippen LogP contribution in [0.25, 0.3) is 0 Å². The van der Waals surface area contributed by atoms with E-state index < -0.39 is 15.9 Å². The number of nitrogens with one attached hydrogen (secondary N) is 2. The van der Waals surface area contributed by atoms with Gasteiger partial charge in [-0.05, 0) is 48.4 Å². The first-order valence-electron chi connectivity index (χ1n) is 11.2. The fraction of sp³-hybridized carbons (Fsp3) is 0.455. The molecule has 0 saturated heterocycles. The Morgan fingerprint density at radius 2 is 2.12 bits per heavy atom. The Morgan fingerprint density at radius 3 is 2.91 bits per heavy atom. The second-order valence-corrected chi connectivity index (χ2v) is 10.7. The molecule has 1 aliphatic heterocycles. The normalized spacial score (nSPS) is 19.9. The highest BCUT2D eigenvalue weighted by Crippen LogP contribution is 2.38. The van der Waals surface area contributed by atoms with Gasteiger partial charge in [0.05, 0.1) is 19.3 Å². The molecule has 180 valence electrons. The van der Waals surface area contributed by atoms with Crippen LogP contribution in [0.4, 0.5) is 10.5 Å². The van der Waals surface area contributed by atoms with Gasteiger partial charge in [0.15, 0.2) is 15.7 Å². The molecule has 0 spiro atoms. The highest BCUT2D eigenvalue weighted by Gasteiger charge is 2.31. The predicted octanol–water partition coefficient (Wildman–Crippen LogP) is 1.58. The number of hydrogen-bond acceptors (Lipinski definition) is 6. The van der Waals surface area contributed by atoms with Gasteiger partial charge in [-0.1, -0.05) is 0 Å². The molecule has 3 amide bonds. The molecule has 1 aromatic heterocycles. The number of urea groups is 1. The van der Waals surface area contributed by atoms with E-state index in [1.807, 2.05) is 6.07 Å². The van der Waals surface area contributed by atoms with Crippen LogP contribution in [0.1, 0.15) is 46.8 Å². The summed E-state index contributed by atoms with van der Waals surface area (Å²) in [6.45, 7) is 2.57. The number of anilines is 1. The van der Waals surface area contributed by atoms with E-state index in [1.54, 1.807) is 0 Å². The van der Waals surface area contributed by atoms with Gasteiger partial charge in [-0.2, -0.15) is 5.10 Å². The maximum atomic E-state index is 13.2. The van der Waals surface area contributed by atoms with E-state index in [0.29, 0.717) is 37.2 Å². The zero-order chi connectivity index (χ0) is 24.0. The van der Waals surface area contributed by atoms with E-state index >= 15 is 0 Å². The largest absolute Gasteiger partial charge is 0.476 e. The number of ketones is 1. The summed E-state index contributed by atoms with van der Waals surface area (Å²) in [7, 11) is -3.64. The number of Topliss-reactive ketones (excluding diaryl/α,β-unsaturated/α-hetero) is 1. The first kappa shape index (κ1) is 22.5. The Balaban J connectivity index is 1.39. The van der Waals surface area contributed by atoms with Crippen LogP contribution in [0.5, 0.6) is 5.88 Å². The van der Waals surface area contributed by atoms with Crippen molar-refractivity contribution >= 4 is 33.3 Å². The number of fused-ring (bicyclic) bond motifs is 3. The van der Waals surface area contributed by atoms with E-state index in [9.17, 15) is 18.6 Å². The number of benzene rings is 1. The number of carbonyl (C=O) groups excluding carboxylic acids is 3. The molecule has 0 radical (unpaired) electrons. The second-order valence-electron chi connectivity index (χ2n) is 8.89. The van der Waals surface area contributed by atoms with Crippen LogP contribution in [0.15, 0.2) is 21.5 Å². The van der Waals surface area contributed by atoms with E-state index in [4.69, 9.17) is 9.88 Å². The minimum atomic E-state index is -3.64. The second kappa shape index (κ2) is 8.51. The summed E-state index contributed by atoms with van der Waals surface area (Å²) < 4.78 is 24.3. The van der Waals surface area contributed by atoms with Gasteiger partial charge < -0.3 is 15.4 Å². The maximum Gasteiger partial charge on any atom is 0.354 e. The third-order valence-electron chi connectivity index (χ3n) is 6.46. The number of nitrogens with zero attached hydrogens (tertiary/aromatic N) is 3. The van der Waals surface area contributed by atoms with Crippen LogP contribution < -0.4 is 20.5 Å². The predicted molar refractivity (Wildman–Crippen MR) is 123 cm³/mol. The van der Waals surface area contributed by atoms with Crippen LogP contribution in [-0.4, -0.2) is 44.9 Å². The molecular formula is C22H26N6O5S. The molecule has 2 atom stereocenters. The summed E-state index contributed by atoms with van der Waals surface area (Å²) in [6, 6.07) is 1.11. The monoisotopic (exact) mass is 486 g/mol. The fourth-order valence-electron chi connectivity index (χ4n) is 4.86. The van der Waals surface area contributed by atoms with Gasteiger partial charge in [0.25, 0.3) is 0 Å². The van der Waals surface area contributed by atoms with Gasteiger partial charge in [-0.3, -0.25) is 9.59 Å². The molecule has 0 bridgehead atoms. The molecule has 0 saturated carbocycles. The minimum Gasteiger partial charge on any atom is -0.476 e. The third kappa shape index (κ3) is 4.07. The first-order valence-corrected chi connectivity index (χ1v) is 12.8. The van der Waals surface area contributed by atoms with Gasteiger partial charge in [0.2, 0.25) is 11.8 Å². The Morgan fingerprint density at radius 1 is 1.29 bits per heavy atom. The molecular weight excluding hydrogens is 460 g/mol. The number of nitrogens with two attached hydrogens (primary N) is 1. The van der Waals surface area contributed by atoms with Gasteiger partial charge in [-0.15, -0.1) is 4.36 Å². The smallest absolute Gasteiger partial charge is 0.354 e. The summed E-state index contributed by atoms with van der Waals surface area (Å²) in [5.41, 5.74) is 4.14. The maximum absolute atomic E-state index is 13.2. The molecule has 11 nitrogen and oxygen atoms in total. The molecule has 34 heavy (non-hydrogen) atoms. The molecule has 2 aromatic rings. The summed E-state index contributed by atoms with van der Waals surface area (Å²) >= 11 is 0. The Hall–Kier alpha value is -3.25. The first-order chi connectivity index (χ1) is 16.2. The lowest BCUT2D eigenvalue weighted by Crippen LogP contribution is -2.36. The number of carbonyl (C=O) groups is 3. The highest BCUT2D eigenvalue weighted by molar-refractivity contribution is 7.91. The zero-order valence-corrected chi connectivity index (χ0v) is 19.6. The van der Waals surface area contributed by atoms with Gasteiger partial charge in [-0.25, -0.2) is 18.8 Å². The number of amides is 3. The van der Waals surface area contributed by atoms with E-state index in [1.165, 1.54) is 17.8 Å². The van der Waals surface area contributed by atoms with Crippen molar-refractivity contribution in [1.29, 1.82) is 0 Å². The SMILES string of the molecule is CC(=O)NCC1COc2c(S(N)(=O)=NC(=O)Nc3c4c(cc5c3CCC5=O)CCC4)cnn2C1. The van der Waals surface area contributed by atoms with Gasteiger partial charge >= 0.3 is 6.03 Å². The number of aromatic nitrogens is 2. The zero-order valence-electron chi connectivity index (χ0n) is 18.8. The third-order valence-corrected chi connectivity index (χ3v) is 7.81. The number of ether oxygens (including phenoxy) is 1. The van der Waals surface area contributed by atoms with Crippen LogP contribution in [0, 0.1) is 5.92 Å². The lowest BCUT2D eigenvalue weighted by molar-refractivity contribution is -0.119. The molecule has 2 heterocycles. The average Bonchev–Trinajstić information content (AvgIpc) is 3.50. The molecule has 4 N–H and O–H groups in total. The van der Waals surface area contributed by atoms with E-state index in [-0.39, 0.29) is 35.0 Å². The molecule has 1 aromatic carbocycles. The van der Waals surface area contributed by atoms with Crippen LogP contribution >= 0.6 is 0 Å². The Labute approximate surface area is 196 Å². The van der Waals surface area contributed by atoms with Crippen LogP contribution in [-0.2, 0) is 40.5 Å². The number of hydrogen-bond donors (Lipinski definition) is 3. The van der Waals surface area contributed by atoms with Gasteiger partial charge in [0.1, 0.15) is 4.90 Å². The highest BCUT2D eigenvalue weighted by atomic mass is 32.2. The van der Waals surface area contributed by atoms with Crippen molar-refractivity contribution in [1.82, 2.24) is 15.1 Å². The average molecular weight is 487 g/mol. The fourth-order valence-corrected chi connectivity index (χ4v) is 5.87. The van der Waals surface area contributed by atoms with E-state index in [2.05, 4.69) is 20.1 Å². The van der Waals surface area contributed by atoms with Crippen LogP contribution in [0.3, 0.4) is 0 Å². The van der Waals surface area contributed by atoms with E-state index in [0.717, 1.165) is 36.0 Å². The standard InChI is InChI=1S/C22H26N6O5S/c1-12(29)24-8-13-10-28-21(33-11-13)19(9-25-28)34(23,32)27-22(31)26-20-15-4-2-3-14(15)7-17-16(20)5-6-18(17)30/h7,9,13H,2-6,8,10-11H2,1H3,(H,24,29)(H3,23,26,27,31,32). The van der Waals surface area contributed by atoms with Crippen molar-refractivity contribution in [2.75, 3.05) is 18.5 Å². The molecule has 3 aliphatic rings. The summed E-state index contributed by atoms with van der Waals surface area (Å²) in [4.78, 5) is 36.3. The summed E-state index contributed by atoms with van der Waals surface area (Å²) in [5.74, 6) is 0.124. The number of rotatable bonds is 4. The lowest BCUT2D eigenvalue weighted by atomic mass is 9.98. The lowest BCUT2D eigenvalue weighted by Gasteiger charge is -2.24. The molecule has 12 heteroatoms. The van der Waals surface area contributed by atoms with Crippen LogP contribution in [0.2, 0.25) is 0 Å². The van der Waals surface area contributed by atoms with Crippen molar-refractivity contribution in [3.05, 3.63) is 34.5 Å². The minimum absolute atomic E-state index is 0.0109. The topological polar surface area (TPSA) is 158 Å². The molecule has 5 rings (SSSR count). The Bertz CT molecular complexity index is 1340. The Kier molecular flexibility index (Phi) is 5.64. The van der Waals surface area contributed by atoms with Crippen molar-refractivity contribution in [3.63, 3.8) is 0 Å². The summed E-state index contributed by atoms with van der Waals surface area (Å²) in [6.07, 6.45) is 4.87. The molecule has 2 aliphatic carbocycles. The molecule has 2 unspecified atom stereocenters. The van der Waals surface area contributed by atoms with Crippen molar-refractivity contribution < 1.29 is 23.3 Å². The van der Waals surface area contributed by atoms with Gasteiger partial charge in [0, 0.05) is 37.1 Å². The quantitative estimate of drug-likeness (QED) is 0.595. The summed E-state index contributed by atoms with van der Waals surface area (Å²) in [5, 5.41) is 15.7. The van der Waals surface area contributed by atoms with Crippen molar-refractivity contribution in [2.45, 2.75) is 50.5 Å². The molecule has 0 fully saturated rings. The van der Waals surface area contributed by atoms with Crippen molar-refractivity contribution in [3.8, 4) is 5.88 Å². The van der Waals surface area contributed by atoms with Crippen molar-refractivity contribution in [2.24, 2.45) is 15.4 Å².